The van der Waals surface area contributed by atoms with E-state index in [4.69, 9.17) is 0 Å². The number of hydrogen-bond acceptors (Lipinski definition) is 2. The van der Waals surface area contributed by atoms with Gasteiger partial charge in [0.25, 0.3) is 0 Å². The molecule has 0 aliphatic rings. The molecule has 0 saturated heterocycles. The number of aryl methyl sites for hydroxylation is 1. The largest absolute Gasteiger partial charge is 0.238 e. The molecular weight excluding hydrogens is 204 g/mol. The SMILES string of the molecule is Cc1c(C)[n+](C)c(C(C)C)c2ncsc12. The van der Waals surface area contributed by atoms with Crippen LogP contribution < -0.4 is 4.57 Å². The van der Waals surface area contributed by atoms with Crippen LogP contribution >= 0.6 is 11.3 Å². The minimum atomic E-state index is 0.513. The predicted molar refractivity (Wildman–Crippen MR) is 64.4 cm³/mol. The Bertz CT molecular complexity index is 512. The fourth-order valence-electron chi connectivity index (χ4n) is 2.11. The molecule has 2 nitrogen and oxygen atoms in total. The highest BCUT2D eigenvalue weighted by molar-refractivity contribution is 7.17. The van der Waals surface area contributed by atoms with E-state index in [0.717, 1.165) is 0 Å². The third-order valence-electron chi connectivity index (χ3n) is 3.10. The Hall–Kier alpha value is -0.960. The summed E-state index contributed by atoms with van der Waals surface area (Å²) >= 11 is 1.74. The summed E-state index contributed by atoms with van der Waals surface area (Å²) in [6.07, 6.45) is 0. The molecule has 0 fully saturated rings. The standard InChI is InChI=1S/C12H17N2S/c1-7(2)11-10-12(15-6-13-10)8(3)9(4)14(11)5/h6-7H,1-5H3/q+1. The van der Waals surface area contributed by atoms with Crippen molar-refractivity contribution < 1.29 is 4.57 Å². The van der Waals surface area contributed by atoms with Gasteiger partial charge in [-0.25, -0.2) is 9.55 Å². The lowest BCUT2D eigenvalue weighted by atomic mass is 10.1. The number of nitrogens with zero attached hydrogens (tertiary/aromatic N) is 2. The van der Waals surface area contributed by atoms with E-state index in [0.29, 0.717) is 5.92 Å². The molecule has 0 bridgehead atoms. The zero-order valence-electron chi connectivity index (χ0n) is 9.96. The maximum absolute atomic E-state index is 4.50. The van der Waals surface area contributed by atoms with Gasteiger partial charge < -0.3 is 0 Å². The average Bonchev–Trinajstić information content (AvgIpc) is 2.62. The lowest BCUT2D eigenvalue weighted by Gasteiger charge is -2.08. The van der Waals surface area contributed by atoms with Crippen molar-refractivity contribution in [3.8, 4) is 0 Å². The Morgan fingerprint density at radius 2 is 2.00 bits per heavy atom. The normalized spacial score (nSPS) is 11.6. The fourth-order valence-corrected chi connectivity index (χ4v) is 2.97. The molecule has 0 amide bonds. The summed E-state index contributed by atoms with van der Waals surface area (Å²) < 4.78 is 3.62. The smallest absolute Gasteiger partial charge is 0.211 e. The minimum absolute atomic E-state index is 0.513. The van der Waals surface area contributed by atoms with Gasteiger partial charge in [0.15, 0.2) is 5.69 Å². The number of aromatic nitrogens is 2. The van der Waals surface area contributed by atoms with Crippen molar-refractivity contribution in [3.63, 3.8) is 0 Å². The van der Waals surface area contributed by atoms with Gasteiger partial charge in [0.1, 0.15) is 12.6 Å². The first-order chi connectivity index (χ1) is 7.04. The minimum Gasteiger partial charge on any atom is -0.238 e. The second-order valence-electron chi connectivity index (χ2n) is 4.34. The lowest BCUT2D eigenvalue weighted by molar-refractivity contribution is -0.685. The Morgan fingerprint density at radius 1 is 1.33 bits per heavy atom. The summed E-state index contributed by atoms with van der Waals surface area (Å²) in [5.41, 5.74) is 7.17. The molecule has 0 aliphatic carbocycles. The van der Waals surface area contributed by atoms with Gasteiger partial charge in [-0.1, -0.05) is 13.8 Å². The quantitative estimate of drug-likeness (QED) is 0.677. The summed E-state index contributed by atoms with van der Waals surface area (Å²) in [7, 11) is 2.14. The highest BCUT2D eigenvalue weighted by Gasteiger charge is 2.23. The van der Waals surface area contributed by atoms with Crippen LogP contribution in [0.2, 0.25) is 0 Å². The van der Waals surface area contributed by atoms with Crippen molar-refractivity contribution in [2.24, 2.45) is 7.05 Å². The molecule has 0 unspecified atom stereocenters. The zero-order valence-corrected chi connectivity index (χ0v) is 10.8. The average molecular weight is 221 g/mol. The van der Waals surface area contributed by atoms with Crippen LogP contribution in [0.3, 0.4) is 0 Å². The molecule has 0 atom stereocenters. The Morgan fingerprint density at radius 3 is 2.60 bits per heavy atom. The zero-order chi connectivity index (χ0) is 11.2. The van der Waals surface area contributed by atoms with Crippen LogP contribution in [0.15, 0.2) is 5.51 Å². The molecule has 2 heterocycles. The topological polar surface area (TPSA) is 16.8 Å². The van der Waals surface area contributed by atoms with Crippen LogP contribution in [0.1, 0.15) is 36.7 Å². The molecule has 0 aromatic carbocycles. The van der Waals surface area contributed by atoms with E-state index in [9.17, 15) is 0 Å². The van der Waals surface area contributed by atoms with Crippen LogP contribution in [-0.2, 0) is 7.05 Å². The summed E-state index contributed by atoms with van der Waals surface area (Å²) in [6, 6.07) is 0. The fraction of sp³-hybridized carbons (Fsp3) is 0.500. The van der Waals surface area contributed by atoms with E-state index in [2.05, 4.69) is 44.3 Å². The van der Waals surface area contributed by atoms with E-state index in [1.165, 1.54) is 27.2 Å². The Labute approximate surface area is 94.6 Å². The van der Waals surface area contributed by atoms with Crippen molar-refractivity contribution >= 4 is 21.6 Å². The van der Waals surface area contributed by atoms with Gasteiger partial charge in [0, 0.05) is 18.4 Å². The molecule has 2 rings (SSSR count). The Kier molecular flexibility index (Phi) is 2.51. The molecule has 0 saturated carbocycles. The van der Waals surface area contributed by atoms with Crippen molar-refractivity contribution in [3.05, 3.63) is 22.5 Å². The predicted octanol–water partition coefficient (Wildman–Crippen LogP) is 2.86. The number of rotatable bonds is 1. The van der Waals surface area contributed by atoms with Crippen molar-refractivity contribution in [1.29, 1.82) is 0 Å². The third kappa shape index (κ3) is 1.46. The summed E-state index contributed by atoms with van der Waals surface area (Å²) in [6.45, 7) is 8.81. The van der Waals surface area contributed by atoms with Crippen LogP contribution in [0, 0.1) is 13.8 Å². The van der Waals surface area contributed by atoms with Crippen molar-refractivity contribution in [2.75, 3.05) is 0 Å². The van der Waals surface area contributed by atoms with Gasteiger partial charge in [-0.15, -0.1) is 11.3 Å². The second-order valence-corrected chi connectivity index (χ2v) is 5.19. The van der Waals surface area contributed by atoms with Gasteiger partial charge in [-0.2, -0.15) is 0 Å². The van der Waals surface area contributed by atoms with Crippen molar-refractivity contribution in [2.45, 2.75) is 33.6 Å². The number of thiazole rings is 1. The van der Waals surface area contributed by atoms with Crippen molar-refractivity contribution in [1.82, 2.24) is 4.98 Å². The maximum Gasteiger partial charge on any atom is 0.211 e. The molecule has 0 aliphatic heterocycles. The number of hydrogen-bond donors (Lipinski definition) is 0. The molecule has 0 N–H and O–H groups in total. The van der Waals surface area contributed by atoms with Crippen LogP contribution in [-0.4, -0.2) is 4.98 Å². The first kappa shape index (κ1) is 10.6. The van der Waals surface area contributed by atoms with E-state index in [1.807, 2.05) is 5.51 Å². The number of fused-ring (bicyclic) bond motifs is 1. The second kappa shape index (κ2) is 3.56. The summed E-state index contributed by atoms with van der Waals surface area (Å²) in [5, 5.41) is 0. The highest BCUT2D eigenvalue weighted by atomic mass is 32.1. The summed E-state index contributed by atoms with van der Waals surface area (Å²) in [5.74, 6) is 0.513. The van der Waals surface area contributed by atoms with Gasteiger partial charge in [0.05, 0.1) is 10.2 Å². The Balaban J connectivity index is 2.94. The van der Waals surface area contributed by atoms with Gasteiger partial charge >= 0.3 is 0 Å². The lowest BCUT2D eigenvalue weighted by Crippen LogP contribution is -2.38. The highest BCUT2D eigenvalue weighted by Crippen LogP contribution is 2.28. The van der Waals surface area contributed by atoms with Gasteiger partial charge in [-0.3, -0.25) is 0 Å². The van der Waals surface area contributed by atoms with Crippen LogP contribution in [0.4, 0.5) is 0 Å². The summed E-state index contributed by atoms with van der Waals surface area (Å²) in [4.78, 5) is 4.50. The molecule has 15 heavy (non-hydrogen) atoms. The molecule has 80 valence electrons. The first-order valence-corrected chi connectivity index (χ1v) is 6.14. The van der Waals surface area contributed by atoms with Gasteiger partial charge in [0.2, 0.25) is 5.69 Å². The van der Waals surface area contributed by atoms with Gasteiger partial charge in [-0.05, 0) is 6.92 Å². The molecule has 0 radical (unpaired) electrons. The van der Waals surface area contributed by atoms with E-state index >= 15 is 0 Å². The monoisotopic (exact) mass is 221 g/mol. The third-order valence-corrected chi connectivity index (χ3v) is 4.05. The van der Waals surface area contributed by atoms with E-state index in [-0.39, 0.29) is 0 Å². The maximum atomic E-state index is 4.50. The van der Waals surface area contributed by atoms with Crippen LogP contribution in [0.25, 0.3) is 10.2 Å². The first-order valence-electron chi connectivity index (χ1n) is 5.26. The van der Waals surface area contributed by atoms with E-state index < -0.39 is 0 Å². The van der Waals surface area contributed by atoms with Crippen LogP contribution in [0.5, 0.6) is 0 Å². The molecule has 0 spiro atoms. The molecular formula is C12H17N2S+. The molecule has 3 heteroatoms. The molecule has 2 aromatic rings. The molecule has 2 aromatic heterocycles. The number of pyridine rings is 1. The van der Waals surface area contributed by atoms with E-state index in [1.54, 1.807) is 11.3 Å².